The molecule has 0 heterocycles. The lowest BCUT2D eigenvalue weighted by Crippen LogP contribution is -2.46. The van der Waals surface area contributed by atoms with Crippen LogP contribution in [0.25, 0.3) is 0 Å². The van der Waals surface area contributed by atoms with Gasteiger partial charge in [0.05, 0.1) is 0 Å². The van der Waals surface area contributed by atoms with Crippen LogP contribution in [0.15, 0.2) is 23.1 Å². The lowest BCUT2D eigenvalue weighted by molar-refractivity contribution is 0.294. The summed E-state index contributed by atoms with van der Waals surface area (Å²) in [6.07, 6.45) is 5.01. The Kier molecular flexibility index (Phi) is 5.29. The number of hydrogen-bond acceptors (Lipinski definition) is 3. The summed E-state index contributed by atoms with van der Waals surface area (Å²) in [7, 11) is -4.12. The molecule has 0 bridgehead atoms. The van der Waals surface area contributed by atoms with Gasteiger partial charge in [-0.05, 0) is 37.0 Å². The number of halogens is 2. The molecule has 3 N–H and O–H groups in total. The lowest BCUT2D eigenvalue weighted by Gasteiger charge is -2.29. The molecule has 0 saturated heterocycles. The number of nitrogens with two attached hydrogens (primary N) is 1. The molecule has 0 amide bonds. The van der Waals surface area contributed by atoms with Gasteiger partial charge in [0.2, 0.25) is 10.0 Å². The van der Waals surface area contributed by atoms with E-state index in [1.165, 1.54) is 0 Å². The molecule has 1 saturated carbocycles. The first-order chi connectivity index (χ1) is 9.94. The molecule has 1 unspecified atom stereocenters. The molecule has 4 nitrogen and oxygen atoms in total. The third-order valence-corrected chi connectivity index (χ3v) is 5.47. The molecule has 7 heteroatoms. The van der Waals surface area contributed by atoms with Crippen LogP contribution in [0.2, 0.25) is 0 Å². The van der Waals surface area contributed by atoms with Crippen molar-refractivity contribution in [2.45, 2.75) is 43.0 Å². The van der Waals surface area contributed by atoms with Crippen LogP contribution in [0.4, 0.5) is 8.78 Å². The molecular formula is C14H20F2N2O2S. The Morgan fingerprint density at radius 2 is 1.90 bits per heavy atom. The molecule has 1 aromatic rings. The van der Waals surface area contributed by atoms with E-state index < -0.39 is 32.6 Å². The second-order valence-corrected chi connectivity index (χ2v) is 7.12. The van der Waals surface area contributed by atoms with Crippen molar-refractivity contribution < 1.29 is 17.2 Å². The van der Waals surface area contributed by atoms with Crippen LogP contribution in [-0.2, 0) is 10.0 Å². The zero-order valence-corrected chi connectivity index (χ0v) is 12.5. The van der Waals surface area contributed by atoms with Crippen LogP contribution < -0.4 is 10.5 Å². The van der Waals surface area contributed by atoms with E-state index in [2.05, 4.69) is 4.72 Å². The smallest absolute Gasteiger partial charge is 0.243 e. The molecule has 118 valence electrons. The Balaban J connectivity index is 2.20. The average molecular weight is 318 g/mol. The van der Waals surface area contributed by atoms with Gasteiger partial charge >= 0.3 is 0 Å². The van der Waals surface area contributed by atoms with Crippen LogP contribution in [0, 0.1) is 17.6 Å². The maximum absolute atomic E-state index is 13.6. The maximum atomic E-state index is 13.6. The molecule has 1 aliphatic carbocycles. The average Bonchev–Trinajstić information content (AvgIpc) is 2.48. The van der Waals surface area contributed by atoms with Crippen LogP contribution in [-0.4, -0.2) is 21.0 Å². The van der Waals surface area contributed by atoms with Crippen molar-refractivity contribution in [3.05, 3.63) is 29.8 Å². The van der Waals surface area contributed by atoms with Crippen LogP contribution in [0.5, 0.6) is 0 Å². The second kappa shape index (κ2) is 6.81. The Hall–Kier alpha value is -1.05. The SMILES string of the molecule is NCC(NS(=O)(=O)c1cc(F)ccc1F)C1CCCCC1. The minimum atomic E-state index is -4.12. The Labute approximate surface area is 123 Å². The van der Waals surface area contributed by atoms with E-state index >= 15 is 0 Å². The first-order valence-electron chi connectivity index (χ1n) is 7.11. The normalized spacial score (nSPS) is 18.6. The van der Waals surface area contributed by atoms with Crippen molar-refractivity contribution in [1.82, 2.24) is 4.72 Å². The van der Waals surface area contributed by atoms with Crippen molar-refractivity contribution in [2.75, 3.05) is 6.54 Å². The van der Waals surface area contributed by atoms with E-state index in [4.69, 9.17) is 5.73 Å². The first-order valence-corrected chi connectivity index (χ1v) is 8.60. The summed E-state index contributed by atoms with van der Waals surface area (Å²) in [6.45, 7) is 0.140. The van der Waals surface area contributed by atoms with E-state index in [9.17, 15) is 17.2 Å². The summed E-state index contributed by atoms with van der Waals surface area (Å²) in [5, 5.41) is 0. The summed E-state index contributed by atoms with van der Waals surface area (Å²) in [6, 6.07) is 1.93. The van der Waals surface area contributed by atoms with Gasteiger partial charge in [-0.25, -0.2) is 21.9 Å². The Morgan fingerprint density at radius 1 is 1.24 bits per heavy atom. The van der Waals surface area contributed by atoms with Gasteiger partial charge in [0.15, 0.2) is 0 Å². The molecular weight excluding hydrogens is 298 g/mol. The van der Waals surface area contributed by atoms with Gasteiger partial charge in [0, 0.05) is 12.6 Å². The highest BCUT2D eigenvalue weighted by Gasteiger charge is 2.29. The number of hydrogen-bond donors (Lipinski definition) is 2. The Bertz CT molecular complexity index is 587. The third kappa shape index (κ3) is 3.99. The Morgan fingerprint density at radius 3 is 2.52 bits per heavy atom. The lowest BCUT2D eigenvalue weighted by atomic mass is 9.84. The minimum absolute atomic E-state index is 0.140. The van der Waals surface area contributed by atoms with Gasteiger partial charge in [-0.1, -0.05) is 19.3 Å². The third-order valence-electron chi connectivity index (χ3n) is 3.96. The van der Waals surface area contributed by atoms with Gasteiger partial charge in [-0.15, -0.1) is 0 Å². The number of benzene rings is 1. The van der Waals surface area contributed by atoms with E-state index in [-0.39, 0.29) is 12.5 Å². The largest absolute Gasteiger partial charge is 0.329 e. The number of nitrogens with one attached hydrogen (secondary N) is 1. The number of rotatable bonds is 5. The predicted octanol–water partition coefficient (Wildman–Crippen LogP) is 2.15. The van der Waals surface area contributed by atoms with Gasteiger partial charge in [-0.3, -0.25) is 0 Å². The van der Waals surface area contributed by atoms with Crippen molar-refractivity contribution >= 4 is 10.0 Å². The molecule has 0 aliphatic heterocycles. The monoisotopic (exact) mass is 318 g/mol. The molecule has 2 rings (SSSR count). The fourth-order valence-corrected chi connectivity index (χ4v) is 4.23. The topological polar surface area (TPSA) is 72.2 Å². The van der Waals surface area contributed by atoms with E-state index in [0.717, 1.165) is 44.2 Å². The van der Waals surface area contributed by atoms with Crippen LogP contribution >= 0.6 is 0 Å². The fraction of sp³-hybridized carbons (Fsp3) is 0.571. The molecule has 1 aromatic carbocycles. The summed E-state index contributed by atoms with van der Waals surface area (Å²) in [5.41, 5.74) is 5.66. The van der Waals surface area contributed by atoms with Crippen molar-refractivity contribution in [1.29, 1.82) is 0 Å². The maximum Gasteiger partial charge on any atom is 0.243 e. The summed E-state index contributed by atoms with van der Waals surface area (Å²) < 4.78 is 53.7. The fourth-order valence-electron chi connectivity index (χ4n) is 2.82. The zero-order valence-electron chi connectivity index (χ0n) is 11.7. The highest BCUT2D eigenvalue weighted by atomic mass is 32.2. The predicted molar refractivity (Wildman–Crippen MR) is 76.1 cm³/mol. The molecule has 0 radical (unpaired) electrons. The molecule has 1 aliphatic rings. The van der Waals surface area contributed by atoms with Crippen molar-refractivity contribution in [3.63, 3.8) is 0 Å². The zero-order chi connectivity index (χ0) is 15.5. The summed E-state index contributed by atoms with van der Waals surface area (Å²) in [5.74, 6) is -1.61. The summed E-state index contributed by atoms with van der Waals surface area (Å²) >= 11 is 0. The highest BCUT2D eigenvalue weighted by Crippen LogP contribution is 2.27. The van der Waals surface area contributed by atoms with E-state index in [1.807, 2.05) is 0 Å². The van der Waals surface area contributed by atoms with Gasteiger partial charge < -0.3 is 5.73 Å². The molecule has 1 fully saturated rings. The quantitative estimate of drug-likeness (QED) is 0.874. The molecule has 0 aromatic heterocycles. The molecule has 0 spiro atoms. The van der Waals surface area contributed by atoms with Crippen molar-refractivity contribution in [3.8, 4) is 0 Å². The van der Waals surface area contributed by atoms with Crippen LogP contribution in [0.3, 0.4) is 0 Å². The first kappa shape index (κ1) is 16.3. The standard InChI is InChI=1S/C14H20F2N2O2S/c15-11-6-7-12(16)14(8-11)21(19,20)18-13(9-17)10-4-2-1-3-5-10/h6-8,10,13,18H,1-5,9,17H2. The van der Waals surface area contributed by atoms with E-state index in [0.29, 0.717) is 6.07 Å². The van der Waals surface area contributed by atoms with E-state index in [1.54, 1.807) is 0 Å². The van der Waals surface area contributed by atoms with Gasteiger partial charge in [-0.2, -0.15) is 0 Å². The van der Waals surface area contributed by atoms with Gasteiger partial charge in [0.1, 0.15) is 16.5 Å². The molecule has 1 atom stereocenters. The molecule has 21 heavy (non-hydrogen) atoms. The minimum Gasteiger partial charge on any atom is -0.329 e. The summed E-state index contributed by atoms with van der Waals surface area (Å²) in [4.78, 5) is -0.670. The van der Waals surface area contributed by atoms with Crippen LogP contribution in [0.1, 0.15) is 32.1 Å². The highest BCUT2D eigenvalue weighted by molar-refractivity contribution is 7.89. The number of sulfonamides is 1. The second-order valence-electron chi connectivity index (χ2n) is 5.44. The van der Waals surface area contributed by atoms with Gasteiger partial charge in [0.25, 0.3) is 0 Å². The van der Waals surface area contributed by atoms with Crippen molar-refractivity contribution in [2.24, 2.45) is 11.7 Å².